The number of rotatable bonds is 2. The summed E-state index contributed by atoms with van der Waals surface area (Å²) >= 11 is 0. The van der Waals surface area contributed by atoms with Gasteiger partial charge in [-0.1, -0.05) is 13.8 Å². The number of nitrogens with one attached hydrogen (secondary N) is 1. The number of nitrogens with zero attached hydrogens (tertiary/aromatic N) is 4. The molecule has 2 aromatic heterocycles. The monoisotopic (exact) mass is 218 g/mol. The molecule has 0 aliphatic rings. The topological polar surface area (TPSA) is 93.4 Å². The fraction of sp³-hybridized carbons (Fsp3) is 0.400. The number of aromatic amines is 1. The van der Waals surface area contributed by atoms with Crippen LogP contribution in [0.25, 0.3) is 11.5 Å². The Kier molecular flexibility index (Phi) is 2.55. The number of nitrogens with two attached hydrogens (primary N) is 1. The molecule has 3 N–H and O–H groups in total. The molecular formula is C10H14N6. The summed E-state index contributed by atoms with van der Waals surface area (Å²) in [5.74, 6) is 1.33. The molecule has 2 rings (SSSR count). The van der Waals surface area contributed by atoms with Crippen LogP contribution in [0, 0.1) is 6.92 Å². The van der Waals surface area contributed by atoms with Crippen LogP contribution in [0.5, 0.6) is 0 Å². The molecule has 0 aliphatic heterocycles. The quantitative estimate of drug-likeness (QED) is 0.791. The zero-order valence-corrected chi connectivity index (χ0v) is 9.52. The van der Waals surface area contributed by atoms with Crippen molar-refractivity contribution in [1.82, 2.24) is 25.4 Å². The number of aryl methyl sites for hydroxylation is 1. The van der Waals surface area contributed by atoms with Crippen LogP contribution >= 0.6 is 0 Å². The molecule has 0 spiro atoms. The maximum Gasteiger partial charge on any atom is 0.183 e. The third-order valence-electron chi connectivity index (χ3n) is 2.39. The lowest BCUT2D eigenvalue weighted by molar-refractivity contribution is 0.835. The predicted octanol–water partition coefficient (Wildman–Crippen LogP) is 1.28. The Hall–Kier alpha value is -1.98. The van der Waals surface area contributed by atoms with Crippen LogP contribution in [-0.2, 0) is 0 Å². The van der Waals surface area contributed by atoms with E-state index >= 15 is 0 Å². The molecule has 16 heavy (non-hydrogen) atoms. The van der Waals surface area contributed by atoms with Gasteiger partial charge in [0, 0.05) is 11.3 Å². The van der Waals surface area contributed by atoms with Gasteiger partial charge in [-0.15, -0.1) is 0 Å². The molecule has 0 atom stereocenters. The van der Waals surface area contributed by atoms with E-state index in [0.717, 1.165) is 11.3 Å². The second-order valence-corrected chi connectivity index (χ2v) is 3.94. The lowest BCUT2D eigenvalue weighted by Crippen LogP contribution is -2.06. The third-order valence-corrected chi connectivity index (χ3v) is 2.39. The minimum atomic E-state index is 0.311. The van der Waals surface area contributed by atoms with Crippen LogP contribution in [0.4, 0.5) is 5.82 Å². The summed E-state index contributed by atoms with van der Waals surface area (Å²) in [6.45, 7) is 6.06. The smallest absolute Gasteiger partial charge is 0.183 e. The first kappa shape index (κ1) is 10.5. The van der Waals surface area contributed by atoms with Gasteiger partial charge in [0.05, 0.1) is 6.20 Å². The Bertz CT molecular complexity index is 465. The van der Waals surface area contributed by atoms with Crippen molar-refractivity contribution in [1.29, 1.82) is 0 Å². The zero-order valence-electron chi connectivity index (χ0n) is 9.52. The van der Waals surface area contributed by atoms with E-state index in [9.17, 15) is 0 Å². The maximum atomic E-state index is 5.92. The molecule has 0 saturated heterocycles. The van der Waals surface area contributed by atoms with Crippen molar-refractivity contribution in [2.45, 2.75) is 26.7 Å². The molecule has 2 heterocycles. The summed E-state index contributed by atoms with van der Waals surface area (Å²) in [7, 11) is 0. The Morgan fingerprint density at radius 2 is 2.06 bits per heavy atom. The first-order chi connectivity index (χ1) is 7.59. The van der Waals surface area contributed by atoms with E-state index < -0.39 is 0 Å². The molecule has 0 aliphatic carbocycles. The highest BCUT2D eigenvalue weighted by Crippen LogP contribution is 2.24. The van der Waals surface area contributed by atoms with E-state index in [1.807, 2.05) is 6.92 Å². The molecular weight excluding hydrogens is 204 g/mol. The van der Waals surface area contributed by atoms with Gasteiger partial charge < -0.3 is 5.73 Å². The molecule has 84 valence electrons. The molecule has 6 heteroatoms. The van der Waals surface area contributed by atoms with E-state index in [1.54, 1.807) is 6.20 Å². The van der Waals surface area contributed by atoms with Gasteiger partial charge in [-0.2, -0.15) is 15.4 Å². The van der Waals surface area contributed by atoms with E-state index in [-0.39, 0.29) is 0 Å². The summed E-state index contributed by atoms with van der Waals surface area (Å²) in [5.41, 5.74) is 8.40. The van der Waals surface area contributed by atoms with Gasteiger partial charge in [0.25, 0.3) is 0 Å². The number of hydrogen-bond donors (Lipinski definition) is 2. The fourth-order valence-electron chi connectivity index (χ4n) is 1.74. The first-order valence-electron chi connectivity index (χ1n) is 5.09. The second-order valence-electron chi connectivity index (χ2n) is 3.94. The van der Waals surface area contributed by atoms with Crippen LogP contribution in [0.2, 0.25) is 0 Å². The van der Waals surface area contributed by atoms with Gasteiger partial charge in [0.1, 0.15) is 11.5 Å². The number of anilines is 1. The summed E-state index contributed by atoms with van der Waals surface area (Å²) in [5, 5.41) is 10.2. The maximum absolute atomic E-state index is 5.92. The third kappa shape index (κ3) is 1.73. The van der Waals surface area contributed by atoms with Gasteiger partial charge in [0.2, 0.25) is 0 Å². The fourth-order valence-corrected chi connectivity index (χ4v) is 1.74. The molecule has 0 radical (unpaired) electrons. The Balaban J connectivity index is 2.53. The highest BCUT2D eigenvalue weighted by atomic mass is 15.3. The number of aromatic nitrogens is 5. The molecule has 0 aromatic carbocycles. The average Bonchev–Trinajstić information content (AvgIpc) is 2.67. The Morgan fingerprint density at radius 1 is 1.31 bits per heavy atom. The highest BCUT2D eigenvalue weighted by molar-refractivity contribution is 5.54. The van der Waals surface area contributed by atoms with Crippen molar-refractivity contribution in [2.24, 2.45) is 0 Å². The SMILES string of the molecule is Cc1nc(-c2cn[nH]n2)nc(N)c1C(C)C. The van der Waals surface area contributed by atoms with Crippen LogP contribution in [0.15, 0.2) is 6.20 Å². The van der Waals surface area contributed by atoms with Crippen molar-refractivity contribution >= 4 is 5.82 Å². The molecule has 0 bridgehead atoms. The Labute approximate surface area is 93.3 Å². The molecule has 6 nitrogen and oxygen atoms in total. The van der Waals surface area contributed by atoms with Crippen LogP contribution in [-0.4, -0.2) is 25.4 Å². The van der Waals surface area contributed by atoms with Gasteiger partial charge in [0.15, 0.2) is 5.82 Å². The molecule has 0 amide bonds. The van der Waals surface area contributed by atoms with Crippen LogP contribution in [0.3, 0.4) is 0 Å². The van der Waals surface area contributed by atoms with Crippen molar-refractivity contribution in [3.63, 3.8) is 0 Å². The highest BCUT2D eigenvalue weighted by Gasteiger charge is 2.14. The van der Waals surface area contributed by atoms with Crippen LogP contribution in [0.1, 0.15) is 31.0 Å². The van der Waals surface area contributed by atoms with Gasteiger partial charge in [-0.25, -0.2) is 9.97 Å². The average molecular weight is 218 g/mol. The van der Waals surface area contributed by atoms with Gasteiger partial charge >= 0.3 is 0 Å². The van der Waals surface area contributed by atoms with Crippen molar-refractivity contribution in [3.8, 4) is 11.5 Å². The normalized spacial score (nSPS) is 11.0. The lowest BCUT2D eigenvalue weighted by Gasteiger charge is -2.12. The second kappa shape index (κ2) is 3.88. The molecule has 0 saturated carbocycles. The summed E-state index contributed by atoms with van der Waals surface area (Å²) in [6, 6.07) is 0. The van der Waals surface area contributed by atoms with Crippen molar-refractivity contribution in [3.05, 3.63) is 17.5 Å². The first-order valence-corrected chi connectivity index (χ1v) is 5.09. The lowest BCUT2D eigenvalue weighted by atomic mass is 10.0. The molecule has 0 unspecified atom stereocenters. The van der Waals surface area contributed by atoms with E-state index in [4.69, 9.17) is 5.73 Å². The summed E-state index contributed by atoms with van der Waals surface area (Å²) < 4.78 is 0. The van der Waals surface area contributed by atoms with E-state index in [0.29, 0.717) is 23.3 Å². The van der Waals surface area contributed by atoms with E-state index in [1.165, 1.54) is 0 Å². The summed E-state index contributed by atoms with van der Waals surface area (Å²) in [6.07, 6.45) is 1.57. The zero-order chi connectivity index (χ0) is 11.7. The standard InChI is InChI=1S/C10H14N6/c1-5(2)8-6(3)13-10(14-9(8)11)7-4-12-16-15-7/h4-5H,1-3H3,(H2,11,13,14)(H,12,15,16). The van der Waals surface area contributed by atoms with Gasteiger partial charge in [-0.05, 0) is 12.8 Å². The number of hydrogen-bond acceptors (Lipinski definition) is 5. The molecule has 0 fully saturated rings. The van der Waals surface area contributed by atoms with Crippen molar-refractivity contribution < 1.29 is 0 Å². The minimum Gasteiger partial charge on any atom is -0.383 e. The predicted molar refractivity (Wildman–Crippen MR) is 60.6 cm³/mol. The molecule has 2 aromatic rings. The van der Waals surface area contributed by atoms with Crippen LogP contribution < -0.4 is 5.73 Å². The largest absolute Gasteiger partial charge is 0.383 e. The summed E-state index contributed by atoms with van der Waals surface area (Å²) in [4.78, 5) is 8.63. The minimum absolute atomic E-state index is 0.311. The van der Waals surface area contributed by atoms with Gasteiger partial charge in [-0.3, -0.25) is 0 Å². The number of nitrogen functional groups attached to an aromatic ring is 1. The van der Waals surface area contributed by atoms with E-state index in [2.05, 4.69) is 39.2 Å². The Morgan fingerprint density at radius 3 is 2.56 bits per heavy atom. The van der Waals surface area contributed by atoms with Crippen molar-refractivity contribution in [2.75, 3.05) is 5.73 Å². The number of H-pyrrole nitrogens is 1.